The molecule has 3 aromatic rings. The molecule has 10 heteroatoms. The third-order valence-corrected chi connectivity index (χ3v) is 8.67. The molecule has 1 unspecified atom stereocenters. The van der Waals surface area contributed by atoms with Gasteiger partial charge in [-0.05, 0) is 81.0 Å². The second-order valence-corrected chi connectivity index (χ2v) is 15.8. The lowest BCUT2D eigenvalue weighted by Crippen LogP contribution is -2.53. The summed E-state index contributed by atoms with van der Waals surface area (Å²) < 4.78 is 79.4. The lowest BCUT2D eigenvalue weighted by atomic mass is 9.82. The maximum Gasteiger partial charge on any atom is 0.422 e. The number of hydrogen-bond donors (Lipinski definition) is 0. The summed E-state index contributed by atoms with van der Waals surface area (Å²) in [5.41, 5.74) is -1.70. The summed E-state index contributed by atoms with van der Waals surface area (Å²) in [5, 5.41) is 0.340. The first kappa shape index (κ1) is 24.5. The zero-order valence-electron chi connectivity index (χ0n) is 19.3. The quantitative estimate of drug-likeness (QED) is 0.293. The van der Waals surface area contributed by atoms with E-state index in [1.165, 1.54) is 30.3 Å². The van der Waals surface area contributed by atoms with Crippen molar-refractivity contribution in [2.24, 2.45) is 0 Å². The molecule has 5 nitrogen and oxygen atoms in total. The van der Waals surface area contributed by atoms with Gasteiger partial charge >= 0.3 is 6.18 Å². The number of aromatic nitrogens is 1. The van der Waals surface area contributed by atoms with E-state index in [0.717, 1.165) is 9.54 Å². The average molecular weight is 507 g/mol. The summed E-state index contributed by atoms with van der Waals surface area (Å²) in [4.78, 5) is 3.29. The number of benzene rings is 2. The molecule has 4 rings (SSSR count). The number of fused-ring (bicyclic) bond motifs is 3. The van der Waals surface area contributed by atoms with E-state index < -0.39 is 30.1 Å². The molecule has 0 spiro atoms. The van der Waals surface area contributed by atoms with Gasteiger partial charge in [-0.15, -0.1) is 0 Å². The van der Waals surface area contributed by atoms with Crippen LogP contribution in [0, 0.1) is 13.5 Å². The second kappa shape index (κ2) is 7.97. The van der Waals surface area contributed by atoms with Crippen LogP contribution in [-0.4, -0.2) is 26.9 Å². The lowest BCUT2D eigenvalue weighted by molar-refractivity contribution is -0.264. The van der Waals surface area contributed by atoms with Crippen LogP contribution >= 0.6 is 0 Å². The number of aryl methyl sites for hydroxylation is 2. The Morgan fingerprint density at radius 2 is 1.76 bits per heavy atom. The monoisotopic (exact) mass is 506 g/mol. The van der Waals surface area contributed by atoms with Crippen molar-refractivity contribution in [1.29, 1.82) is 0 Å². The third kappa shape index (κ3) is 3.85. The van der Waals surface area contributed by atoms with Crippen molar-refractivity contribution >= 4 is 34.9 Å². The minimum atomic E-state index is -4.85. The van der Waals surface area contributed by atoms with Crippen LogP contribution in [0.1, 0.15) is 29.7 Å². The number of halogens is 3. The van der Waals surface area contributed by atoms with Gasteiger partial charge in [0.2, 0.25) is 0 Å². The topological polar surface area (TPSA) is 52.7 Å². The Hall–Kier alpha value is -2.61. The molecule has 0 saturated carbocycles. The SMILES string of the molecule is [C-]#[N+]c1ccc2c(c1)c1c(n2S(=O)(=O)c2ccc(C)cc2)C(O[Si](C)(C)C)(C(F)(F)F)CCC1. The van der Waals surface area contributed by atoms with Crippen molar-refractivity contribution < 1.29 is 26.0 Å². The first-order valence-corrected chi connectivity index (χ1v) is 15.7. The van der Waals surface area contributed by atoms with Gasteiger partial charge in [-0.2, -0.15) is 13.2 Å². The Labute approximate surface area is 198 Å². The highest BCUT2D eigenvalue weighted by Gasteiger charge is 2.62. The van der Waals surface area contributed by atoms with E-state index in [0.29, 0.717) is 5.39 Å². The van der Waals surface area contributed by atoms with Crippen LogP contribution in [0.15, 0.2) is 47.4 Å². The molecular weight excluding hydrogens is 481 g/mol. The zero-order valence-corrected chi connectivity index (χ0v) is 21.1. The molecule has 0 radical (unpaired) electrons. The van der Waals surface area contributed by atoms with Crippen molar-refractivity contribution in [3.05, 3.63) is 70.7 Å². The van der Waals surface area contributed by atoms with Crippen LogP contribution in [0.2, 0.25) is 19.6 Å². The molecule has 180 valence electrons. The number of alkyl halides is 3. The molecule has 34 heavy (non-hydrogen) atoms. The Morgan fingerprint density at radius 3 is 2.32 bits per heavy atom. The first-order chi connectivity index (χ1) is 15.7. The zero-order chi connectivity index (χ0) is 25.1. The van der Waals surface area contributed by atoms with Gasteiger partial charge in [0, 0.05) is 0 Å². The van der Waals surface area contributed by atoms with E-state index in [9.17, 15) is 21.6 Å². The summed E-state index contributed by atoms with van der Waals surface area (Å²) in [7, 11) is -7.22. The van der Waals surface area contributed by atoms with Gasteiger partial charge in [-0.25, -0.2) is 17.2 Å². The molecule has 1 aliphatic rings. The van der Waals surface area contributed by atoms with E-state index in [1.54, 1.807) is 38.7 Å². The summed E-state index contributed by atoms with van der Waals surface area (Å²) in [6.07, 6.45) is -4.78. The van der Waals surface area contributed by atoms with Gasteiger partial charge in [0.1, 0.15) is 0 Å². The van der Waals surface area contributed by atoms with E-state index in [-0.39, 0.29) is 46.6 Å². The van der Waals surface area contributed by atoms with Crippen LogP contribution in [0.25, 0.3) is 15.7 Å². The predicted octanol–water partition coefficient (Wildman–Crippen LogP) is 6.68. The lowest BCUT2D eigenvalue weighted by Gasteiger charge is -2.43. The van der Waals surface area contributed by atoms with E-state index in [1.807, 2.05) is 0 Å². The fraction of sp³-hybridized carbons (Fsp3) is 0.375. The highest BCUT2D eigenvalue weighted by Crippen LogP contribution is 2.54. The van der Waals surface area contributed by atoms with Crippen molar-refractivity contribution in [3.63, 3.8) is 0 Å². The molecule has 0 bridgehead atoms. The van der Waals surface area contributed by atoms with E-state index in [2.05, 4.69) is 4.85 Å². The number of nitrogens with zero attached hydrogens (tertiary/aromatic N) is 2. The third-order valence-electron chi connectivity index (χ3n) is 5.98. The van der Waals surface area contributed by atoms with Gasteiger partial charge in [0.25, 0.3) is 10.0 Å². The van der Waals surface area contributed by atoms with Gasteiger partial charge in [-0.3, -0.25) is 0 Å². The summed E-state index contributed by atoms with van der Waals surface area (Å²) in [6, 6.07) is 10.3. The number of rotatable bonds is 4. The Balaban J connectivity index is 2.18. The average Bonchev–Trinajstić information content (AvgIpc) is 3.08. The van der Waals surface area contributed by atoms with Crippen LogP contribution in [0.5, 0.6) is 0 Å². The maximum absolute atomic E-state index is 14.9. The normalized spacial score (nSPS) is 19.1. The standard InChI is InChI=1S/C24H25F3N2O3SSi/c1-16-8-11-18(12-9-16)33(30,31)29-21-13-10-17(28-2)15-20(21)19-7-6-14-23(22(19)29,24(25,26)27)32-34(3,4)5/h8-13,15H,6-7,14H2,1,3-5H3. The van der Waals surface area contributed by atoms with Crippen LogP contribution < -0.4 is 0 Å². The summed E-state index contributed by atoms with van der Waals surface area (Å²) in [5.74, 6) is 0. The molecular formula is C24H25F3N2O3SSi. The Kier molecular flexibility index (Phi) is 5.74. The van der Waals surface area contributed by atoms with Gasteiger partial charge < -0.3 is 4.43 Å². The maximum atomic E-state index is 14.9. The minimum Gasteiger partial charge on any atom is -0.399 e. The first-order valence-electron chi connectivity index (χ1n) is 10.9. The summed E-state index contributed by atoms with van der Waals surface area (Å²) >= 11 is 0. The fourth-order valence-electron chi connectivity index (χ4n) is 4.70. The van der Waals surface area contributed by atoms with Crippen LogP contribution in [0.3, 0.4) is 0 Å². The van der Waals surface area contributed by atoms with Crippen molar-refractivity contribution in [3.8, 4) is 0 Å². The molecule has 2 aromatic carbocycles. The summed E-state index contributed by atoms with van der Waals surface area (Å²) in [6.45, 7) is 14.1. The molecule has 1 heterocycles. The smallest absolute Gasteiger partial charge is 0.399 e. The Bertz CT molecular complexity index is 1420. The largest absolute Gasteiger partial charge is 0.422 e. The van der Waals surface area contributed by atoms with Crippen molar-refractivity contribution in [2.75, 3.05) is 0 Å². The van der Waals surface area contributed by atoms with Crippen molar-refractivity contribution in [1.82, 2.24) is 3.97 Å². The molecule has 0 saturated heterocycles. The van der Waals surface area contributed by atoms with E-state index in [4.69, 9.17) is 11.0 Å². The Morgan fingerprint density at radius 1 is 1.12 bits per heavy atom. The van der Waals surface area contributed by atoms with Gasteiger partial charge in [-0.1, -0.05) is 23.8 Å². The van der Waals surface area contributed by atoms with Crippen LogP contribution in [0.4, 0.5) is 18.9 Å². The molecule has 0 fully saturated rings. The highest BCUT2D eigenvalue weighted by atomic mass is 32.2. The van der Waals surface area contributed by atoms with Crippen LogP contribution in [-0.2, 0) is 26.5 Å². The highest BCUT2D eigenvalue weighted by molar-refractivity contribution is 7.90. The number of hydrogen-bond acceptors (Lipinski definition) is 3. The second-order valence-electron chi connectivity index (χ2n) is 9.62. The fourth-order valence-corrected chi connectivity index (χ4v) is 7.66. The van der Waals surface area contributed by atoms with E-state index >= 15 is 0 Å². The van der Waals surface area contributed by atoms with Crippen molar-refractivity contribution in [2.45, 2.75) is 62.5 Å². The van der Waals surface area contributed by atoms with Gasteiger partial charge in [0.05, 0.1) is 22.7 Å². The molecule has 1 atom stereocenters. The van der Waals surface area contributed by atoms with Gasteiger partial charge in [0.15, 0.2) is 19.6 Å². The minimum absolute atomic E-state index is 0.110. The molecule has 0 N–H and O–H groups in total. The molecule has 1 aromatic heterocycles. The predicted molar refractivity (Wildman–Crippen MR) is 127 cm³/mol. The molecule has 1 aliphatic carbocycles. The molecule has 0 amide bonds. The molecule has 0 aliphatic heterocycles.